The Morgan fingerprint density at radius 3 is 1.16 bits per heavy atom. The second-order valence-electron chi connectivity index (χ2n) is 13.7. The Bertz CT molecular complexity index is 1480. The van der Waals surface area contributed by atoms with Crippen LogP contribution in [0.15, 0.2) is 58.3 Å². The lowest BCUT2D eigenvalue weighted by molar-refractivity contribution is -0.135. The summed E-state index contributed by atoms with van der Waals surface area (Å²) >= 11 is 0. The monoisotopic (exact) mass is 752 g/mol. The molecule has 1 heterocycles. The van der Waals surface area contributed by atoms with Crippen LogP contribution in [0.5, 0.6) is 0 Å². The van der Waals surface area contributed by atoms with Crippen molar-refractivity contribution in [2.24, 2.45) is 11.8 Å². The molecule has 2 unspecified atom stereocenters. The SMILES string of the molecule is Cc1ccc(S(=O)(=O)NC(CC(C)C)C(=O)N2CCOCCOCCN(C(=O)C(CC(C)C)NS(=O)(=O)c3ccc(C)cc3)CCOCC2)cc1. The van der Waals surface area contributed by atoms with Crippen LogP contribution in [0.4, 0.5) is 0 Å². The minimum Gasteiger partial charge on any atom is -0.378 e. The van der Waals surface area contributed by atoms with Crippen molar-refractivity contribution in [3.63, 3.8) is 0 Å². The highest BCUT2D eigenvalue weighted by molar-refractivity contribution is 7.89. The van der Waals surface area contributed by atoms with Gasteiger partial charge in [-0.25, -0.2) is 16.8 Å². The molecule has 2 N–H and O–H groups in total. The molecule has 286 valence electrons. The van der Waals surface area contributed by atoms with Crippen molar-refractivity contribution in [2.45, 2.75) is 76.3 Å². The van der Waals surface area contributed by atoms with E-state index in [0.29, 0.717) is 0 Å². The van der Waals surface area contributed by atoms with Crippen molar-refractivity contribution in [2.75, 3.05) is 65.8 Å². The van der Waals surface area contributed by atoms with Gasteiger partial charge in [0, 0.05) is 26.2 Å². The highest BCUT2D eigenvalue weighted by atomic mass is 32.2. The summed E-state index contributed by atoms with van der Waals surface area (Å²) in [6.45, 7) is 13.3. The molecule has 0 bridgehead atoms. The molecule has 2 aromatic rings. The van der Waals surface area contributed by atoms with E-state index in [2.05, 4.69) is 9.44 Å². The van der Waals surface area contributed by atoms with Crippen molar-refractivity contribution >= 4 is 31.9 Å². The molecule has 13 nitrogen and oxygen atoms in total. The van der Waals surface area contributed by atoms with Crippen molar-refractivity contribution in [1.29, 1.82) is 0 Å². The summed E-state index contributed by atoms with van der Waals surface area (Å²) in [6, 6.07) is 10.9. The molecule has 2 atom stereocenters. The fraction of sp³-hybridized carbons (Fsp3) is 0.611. The molecule has 1 saturated heterocycles. The number of hydrogen-bond acceptors (Lipinski definition) is 9. The Morgan fingerprint density at radius 1 is 0.569 bits per heavy atom. The van der Waals surface area contributed by atoms with E-state index >= 15 is 0 Å². The van der Waals surface area contributed by atoms with Crippen LogP contribution in [0, 0.1) is 25.7 Å². The van der Waals surface area contributed by atoms with Gasteiger partial charge in [-0.15, -0.1) is 0 Å². The van der Waals surface area contributed by atoms with Crippen molar-refractivity contribution in [1.82, 2.24) is 19.2 Å². The van der Waals surface area contributed by atoms with E-state index in [1.54, 1.807) is 24.3 Å². The second-order valence-corrected chi connectivity index (χ2v) is 17.1. The van der Waals surface area contributed by atoms with Crippen molar-refractivity contribution in [3.05, 3.63) is 59.7 Å². The van der Waals surface area contributed by atoms with Gasteiger partial charge in [-0.3, -0.25) is 9.59 Å². The molecule has 0 radical (unpaired) electrons. The van der Waals surface area contributed by atoms with Gasteiger partial charge in [0.2, 0.25) is 31.9 Å². The average molecular weight is 753 g/mol. The summed E-state index contributed by atoms with van der Waals surface area (Å²) < 4.78 is 75.7. The molecule has 15 heteroatoms. The van der Waals surface area contributed by atoms with Gasteiger partial charge in [-0.05, 0) is 62.8 Å². The van der Waals surface area contributed by atoms with Gasteiger partial charge in [-0.1, -0.05) is 63.1 Å². The number of rotatable bonds is 12. The number of hydrogen-bond donors (Lipinski definition) is 2. The zero-order valence-corrected chi connectivity index (χ0v) is 32.4. The quantitative estimate of drug-likeness (QED) is 0.332. The minimum absolute atomic E-state index is 0.0252. The lowest BCUT2D eigenvalue weighted by Gasteiger charge is -2.29. The minimum atomic E-state index is -3.97. The third-order valence-electron chi connectivity index (χ3n) is 8.29. The predicted molar refractivity (Wildman–Crippen MR) is 195 cm³/mol. The van der Waals surface area contributed by atoms with E-state index in [-0.39, 0.29) is 112 Å². The van der Waals surface area contributed by atoms with Crippen LogP contribution < -0.4 is 9.44 Å². The summed E-state index contributed by atoms with van der Waals surface area (Å²) in [6.07, 6.45) is 0.580. The van der Waals surface area contributed by atoms with Gasteiger partial charge in [0.15, 0.2) is 0 Å². The van der Waals surface area contributed by atoms with Gasteiger partial charge >= 0.3 is 0 Å². The maximum absolute atomic E-state index is 13.9. The molecular weight excluding hydrogens is 697 g/mol. The number of benzene rings is 2. The van der Waals surface area contributed by atoms with Gasteiger partial charge in [0.05, 0.1) is 49.4 Å². The Balaban J connectivity index is 1.72. The van der Waals surface area contributed by atoms with Crippen LogP contribution in [0.1, 0.15) is 51.7 Å². The summed E-state index contributed by atoms with van der Waals surface area (Å²) in [5, 5.41) is 0. The first kappa shape index (κ1) is 42.5. The third-order valence-corrected chi connectivity index (χ3v) is 11.3. The topological polar surface area (TPSA) is 161 Å². The van der Waals surface area contributed by atoms with Crippen LogP contribution in [0.25, 0.3) is 0 Å². The molecule has 0 saturated carbocycles. The molecule has 0 spiro atoms. The third kappa shape index (κ3) is 14.2. The number of ether oxygens (including phenoxy) is 3. The maximum Gasteiger partial charge on any atom is 0.241 e. The first-order valence-electron chi connectivity index (χ1n) is 17.6. The van der Waals surface area contributed by atoms with E-state index in [1.807, 2.05) is 41.5 Å². The number of nitrogens with zero attached hydrogens (tertiary/aromatic N) is 2. The highest BCUT2D eigenvalue weighted by Gasteiger charge is 2.32. The van der Waals surface area contributed by atoms with E-state index in [0.717, 1.165) is 11.1 Å². The molecule has 2 amide bonds. The van der Waals surface area contributed by atoms with Crippen LogP contribution in [0.3, 0.4) is 0 Å². The zero-order valence-electron chi connectivity index (χ0n) is 30.8. The second kappa shape index (κ2) is 20.4. The molecule has 0 aliphatic carbocycles. The maximum atomic E-state index is 13.9. The van der Waals surface area contributed by atoms with Gasteiger partial charge in [0.1, 0.15) is 12.1 Å². The summed E-state index contributed by atoms with van der Waals surface area (Å²) in [5.74, 6) is -0.725. The Labute approximate surface area is 304 Å². The largest absolute Gasteiger partial charge is 0.378 e. The average Bonchev–Trinajstić information content (AvgIpc) is 3.06. The molecule has 51 heavy (non-hydrogen) atoms. The summed E-state index contributed by atoms with van der Waals surface area (Å²) in [7, 11) is -7.95. The standard InChI is InChI=1S/C36H56N4O9S2/c1-27(2)25-33(37-50(43,44)31-11-7-29(5)8-12-31)35(41)39-15-19-47-20-16-40(18-22-49-24-23-48-21-17-39)36(42)34(26-28(3)4)38-51(45,46)32-13-9-30(6)10-14-32/h7-14,27-28,33-34,37-38H,15-26H2,1-6H3. The van der Waals surface area contributed by atoms with Gasteiger partial charge in [-0.2, -0.15) is 9.44 Å². The fourth-order valence-electron chi connectivity index (χ4n) is 5.52. The van der Waals surface area contributed by atoms with E-state index in [9.17, 15) is 26.4 Å². The molecule has 2 aromatic carbocycles. The lowest BCUT2D eigenvalue weighted by Crippen LogP contribution is -2.51. The number of aryl methyl sites for hydroxylation is 2. The van der Waals surface area contributed by atoms with Crippen LogP contribution in [-0.2, 0) is 43.8 Å². The van der Waals surface area contributed by atoms with Gasteiger partial charge in [0.25, 0.3) is 0 Å². The molecule has 3 rings (SSSR count). The number of sulfonamides is 2. The van der Waals surface area contributed by atoms with E-state index in [4.69, 9.17) is 14.2 Å². The number of nitrogens with one attached hydrogen (secondary N) is 2. The summed E-state index contributed by atoms with van der Waals surface area (Å²) in [4.78, 5) is 31.0. The van der Waals surface area contributed by atoms with Gasteiger partial charge < -0.3 is 24.0 Å². The number of amides is 2. The first-order valence-corrected chi connectivity index (χ1v) is 20.5. The van der Waals surface area contributed by atoms with Crippen LogP contribution >= 0.6 is 0 Å². The Hall–Kier alpha value is -2.92. The molecule has 1 fully saturated rings. The molecule has 1 aliphatic heterocycles. The van der Waals surface area contributed by atoms with E-state index < -0.39 is 32.1 Å². The predicted octanol–water partition coefficient (Wildman–Crippen LogP) is 3.11. The smallest absolute Gasteiger partial charge is 0.241 e. The Kier molecular flexibility index (Phi) is 17.0. The zero-order chi connectivity index (χ0) is 37.6. The van der Waals surface area contributed by atoms with Crippen molar-refractivity contribution in [3.8, 4) is 0 Å². The normalized spacial score (nSPS) is 17.5. The number of carbonyl (C=O) groups is 2. The fourth-order valence-corrected chi connectivity index (χ4v) is 7.92. The number of carbonyl (C=O) groups excluding carboxylic acids is 2. The van der Waals surface area contributed by atoms with E-state index in [1.165, 1.54) is 34.1 Å². The highest BCUT2D eigenvalue weighted by Crippen LogP contribution is 2.17. The molecule has 0 aromatic heterocycles. The Morgan fingerprint density at radius 2 is 0.863 bits per heavy atom. The first-order chi connectivity index (χ1) is 24.1. The van der Waals surface area contributed by atoms with Crippen LogP contribution in [0.2, 0.25) is 0 Å². The molecular formula is C36H56N4O9S2. The molecule has 1 aliphatic rings. The lowest BCUT2D eigenvalue weighted by atomic mass is 10.0. The van der Waals surface area contributed by atoms with Crippen LogP contribution in [-0.4, -0.2) is 116 Å². The summed E-state index contributed by atoms with van der Waals surface area (Å²) in [5.41, 5.74) is 1.84. The van der Waals surface area contributed by atoms with Crippen molar-refractivity contribution < 1.29 is 40.6 Å².